The predicted octanol–water partition coefficient (Wildman–Crippen LogP) is 5.10. The van der Waals surface area contributed by atoms with Crippen LogP contribution in [0.5, 0.6) is 0 Å². The zero-order valence-electron chi connectivity index (χ0n) is 12.9. The Labute approximate surface area is 144 Å². The van der Waals surface area contributed by atoms with E-state index >= 15 is 0 Å². The lowest BCUT2D eigenvalue weighted by Crippen LogP contribution is -2.12. The van der Waals surface area contributed by atoms with Gasteiger partial charge in [-0.25, -0.2) is 4.39 Å². The smallest absolute Gasteiger partial charge is 0.257 e. The molecule has 1 heterocycles. The zero-order chi connectivity index (χ0) is 17.1. The molecule has 0 saturated carbocycles. The fraction of sp³-hybridized carbons (Fsp3) is 0.0526. The summed E-state index contributed by atoms with van der Waals surface area (Å²) < 4.78 is 13.2. The molecule has 0 aliphatic heterocycles. The van der Waals surface area contributed by atoms with Gasteiger partial charge in [-0.1, -0.05) is 41.4 Å². The number of nitrogens with zero attached hydrogens (tertiary/aromatic N) is 1. The molecule has 1 N–H and O–H groups in total. The molecule has 0 radical (unpaired) electrons. The molecule has 0 fully saturated rings. The van der Waals surface area contributed by atoms with E-state index in [4.69, 9.17) is 11.6 Å². The van der Waals surface area contributed by atoms with Gasteiger partial charge in [0.1, 0.15) is 5.82 Å². The number of anilines is 1. The second kappa shape index (κ2) is 6.81. The Balaban J connectivity index is 1.83. The number of hydrogen-bond donors (Lipinski definition) is 1. The number of benzene rings is 2. The van der Waals surface area contributed by atoms with Crippen LogP contribution in [0.15, 0.2) is 60.9 Å². The Hall–Kier alpha value is -2.72. The van der Waals surface area contributed by atoms with Crippen LogP contribution in [-0.4, -0.2) is 10.9 Å². The minimum atomic E-state index is -0.530. The first-order valence-electron chi connectivity index (χ1n) is 7.31. The summed E-state index contributed by atoms with van der Waals surface area (Å²) in [5.74, 6) is -0.864. The Bertz CT molecular complexity index is 894. The van der Waals surface area contributed by atoms with Crippen molar-refractivity contribution in [2.24, 2.45) is 0 Å². The number of carbonyl (C=O) groups excluding carboxylic acids is 1. The fourth-order valence-electron chi connectivity index (χ4n) is 2.25. The van der Waals surface area contributed by atoms with Gasteiger partial charge in [0.15, 0.2) is 0 Å². The highest BCUT2D eigenvalue weighted by Crippen LogP contribution is 2.22. The second-order valence-electron chi connectivity index (χ2n) is 5.41. The third-order valence-electron chi connectivity index (χ3n) is 3.56. The molecule has 3 aromatic rings. The van der Waals surface area contributed by atoms with Gasteiger partial charge >= 0.3 is 0 Å². The van der Waals surface area contributed by atoms with Crippen molar-refractivity contribution < 1.29 is 9.18 Å². The first-order chi connectivity index (χ1) is 11.5. The van der Waals surface area contributed by atoms with Gasteiger partial charge < -0.3 is 5.32 Å². The van der Waals surface area contributed by atoms with Crippen molar-refractivity contribution in [3.63, 3.8) is 0 Å². The average molecular weight is 341 g/mol. The van der Waals surface area contributed by atoms with Crippen molar-refractivity contribution in [1.29, 1.82) is 0 Å². The van der Waals surface area contributed by atoms with Crippen molar-refractivity contribution in [1.82, 2.24) is 4.98 Å². The molecule has 2 aromatic carbocycles. The number of carbonyl (C=O) groups is 1. The lowest BCUT2D eigenvalue weighted by Gasteiger charge is -2.08. The van der Waals surface area contributed by atoms with Crippen molar-refractivity contribution in [3.8, 4) is 11.1 Å². The largest absolute Gasteiger partial charge is 0.322 e. The summed E-state index contributed by atoms with van der Waals surface area (Å²) in [4.78, 5) is 16.5. The minimum Gasteiger partial charge on any atom is -0.322 e. The Morgan fingerprint density at radius 3 is 2.50 bits per heavy atom. The fourth-order valence-corrected chi connectivity index (χ4v) is 2.43. The molecule has 0 saturated heterocycles. The van der Waals surface area contributed by atoms with E-state index < -0.39 is 5.82 Å². The number of amides is 1. The first-order valence-corrected chi connectivity index (χ1v) is 7.69. The Kier molecular flexibility index (Phi) is 4.58. The number of nitrogens with one attached hydrogen (secondary N) is 1. The molecular weight excluding hydrogens is 327 g/mol. The molecule has 0 atom stereocenters. The molecule has 24 heavy (non-hydrogen) atoms. The number of aromatic nitrogens is 1. The maximum atomic E-state index is 13.2. The number of aryl methyl sites for hydroxylation is 1. The number of pyridine rings is 1. The molecule has 0 aliphatic rings. The molecule has 120 valence electrons. The molecule has 0 spiro atoms. The topological polar surface area (TPSA) is 42.0 Å². The van der Waals surface area contributed by atoms with Gasteiger partial charge in [0.25, 0.3) is 5.91 Å². The van der Waals surface area contributed by atoms with Crippen molar-refractivity contribution in [2.75, 3.05) is 5.32 Å². The number of rotatable bonds is 3. The summed E-state index contributed by atoms with van der Waals surface area (Å²) >= 11 is 5.72. The van der Waals surface area contributed by atoms with Gasteiger partial charge in [0.2, 0.25) is 0 Å². The second-order valence-corrected chi connectivity index (χ2v) is 5.82. The van der Waals surface area contributed by atoms with E-state index in [0.717, 1.165) is 16.7 Å². The van der Waals surface area contributed by atoms with E-state index in [1.165, 1.54) is 24.4 Å². The van der Waals surface area contributed by atoms with E-state index in [1.54, 1.807) is 12.3 Å². The van der Waals surface area contributed by atoms with Crippen LogP contribution in [0, 0.1) is 12.7 Å². The average Bonchev–Trinajstić information content (AvgIpc) is 2.59. The summed E-state index contributed by atoms with van der Waals surface area (Å²) in [6.07, 6.45) is 3.19. The van der Waals surface area contributed by atoms with Crippen LogP contribution in [0.25, 0.3) is 11.1 Å². The molecule has 5 heteroatoms. The van der Waals surface area contributed by atoms with E-state index in [9.17, 15) is 9.18 Å². The quantitative estimate of drug-likeness (QED) is 0.720. The summed E-state index contributed by atoms with van der Waals surface area (Å²) in [5, 5.41) is 2.64. The predicted molar refractivity (Wildman–Crippen MR) is 93.8 cm³/mol. The SMILES string of the molecule is Cc1ccc(-c2cncc(C(=O)Nc3ccc(F)c(Cl)c3)c2)cc1. The van der Waals surface area contributed by atoms with Gasteiger partial charge in [-0.05, 0) is 36.8 Å². The zero-order valence-corrected chi connectivity index (χ0v) is 13.6. The molecule has 1 amide bonds. The summed E-state index contributed by atoms with van der Waals surface area (Å²) in [6.45, 7) is 2.01. The Morgan fingerprint density at radius 2 is 1.79 bits per heavy atom. The van der Waals surface area contributed by atoms with E-state index in [2.05, 4.69) is 10.3 Å². The molecule has 0 aliphatic carbocycles. The highest BCUT2D eigenvalue weighted by Gasteiger charge is 2.10. The van der Waals surface area contributed by atoms with Crippen molar-refractivity contribution >= 4 is 23.2 Å². The van der Waals surface area contributed by atoms with Crippen LogP contribution in [0.2, 0.25) is 5.02 Å². The van der Waals surface area contributed by atoms with Gasteiger partial charge in [0.05, 0.1) is 10.6 Å². The van der Waals surface area contributed by atoms with E-state index in [0.29, 0.717) is 11.3 Å². The highest BCUT2D eigenvalue weighted by molar-refractivity contribution is 6.31. The van der Waals surface area contributed by atoms with Gasteiger partial charge in [-0.15, -0.1) is 0 Å². The van der Waals surface area contributed by atoms with Gasteiger partial charge in [-0.2, -0.15) is 0 Å². The molecule has 1 aromatic heterocycles. The lowest BCUT2D eigenvalue weighted by atomic mass is 10.0. The molecule has 0 unspecified atom stereocenters. The molecule has 3 rings (SSSR count). The van der Waals surface area contributed by atoms with Crippen LogP contribution in [0.3, 0.4) is 0 Å². The van der Waals surface area contributed by atoms with Crippen LogP contribution in [-0.2, 0) is 0 Å². The Morgan fingerprint density at radius 1 is 1.04 bits per heavy atom. The van der Waals surface area contributed by atoms with Gasteiger partial charge in [0, 0.05) is 23.6 Å². The molecular formula is C19H14ClFN2O. The monoisotopic (exact) mass is 340 g/mol. The summed E-state index contributed by atoms with van der Waals surface area (Å²) in [5.41, 5.74) is 3.82. The standard InChI is InChI=1S/C19H14ClFN2O/c1-12-2-4-13(5-3-12)14-8-15(11-22-10-14)19(24)23-16-6-7-18(21)17(20)9-16/h2-11H,1H3,(H,23,24). The van der Waals surface area contributed by atoms with Crippen molar-refractivity contribution in [3.05, 3.63) is 82.9 Å². The summed E-state index contributed by atoms with van der Waals surface area (Å²) in [7, 11) is 0. The first kappa shape index (κ1) is 16.1. The molecule has 0 bridgehead atoms. The maximum Gasteiger partial charge on any atom is 0.257 e. The van der Waals surface area contributed by atoms with Crippen LogP contribution >= 0.6 is 11.6 Å². The van der Waals surface area contributed by atoms with Crippen molar-refractivity contribution in [2.45, 2.75) is 6.92 Å². The number of hydrogen-bond acceptors (Lipinski definition) is 2. The normalized spacial score (nSPS) is 10.5. The number of halogens is 2. The van der Waals surface area contributed by atoms with E-state index in [1.807, 2.05) is 31.2 Å². The minimum absolute atomic E-state index is 0.0423. The summed E-state index contributed by atoms with van der Waals surface area (Å²) in [6, 6.07) is 13.8. The van der Waals surface area contributed by atoms with Crippen LogP contribution in [0.4, 0.5) is 10.1 Å². The van der Waals surface area contributed by atoms with E-state index in [-0.39, 0.29) is 10.9 Å². The molecule has 3 nitrogen and oxygen atoms in total. The highest BCUT2D eigenvalue weighted by atomic mass is 35.5. The van der Waals surface area contributed by atoms with Crippen LogP contribution in [0.1, 0.15) is 15.9 Å². The third-order valence-corrected chi connectivity index (χ3v) is 3.85. The lowest BCUT2D eigenvalue weighted by molar-refractivity contribution is 0.102. The van der Waals surface area contributed by atoms with Gasteiger partial charge in [-0.3, -0.25) is 9.78 Å². The van der Waals surface area contributed by atoms with Crippen LogP contribution < -0.4 is 5.32 Å². The third kappa shape index (κ3) is 3.60. The maximum absolute atomic E-state index is 13.2.